The van der Waals surface area contributed by atoms with Crippen LogP contribution in [0.1, 0.15) is 39.1 Å². The Bertz CT molecular complexity index is 1120. The zero-order valence-corrected chi connectivity index (χ0v) is 19.8. The first-order chi connectivity index (χ1) is 16.1. The van der Waals surface area contributed by atoms with Crippen LogP contribution in [0.2, 0.25) is 0 Å². The average molecular weight is 470 g/mol. The molecular formula is C24H35N7O3. The van der Waals surface area contributed by atoms with E-state index in [9.17, 15) is 0 Å². The Labute approximate surface area is 200 Å². The molecule has 0 aromatic carbocycles. The number of piperidine rings is 1. The van der Waals surface area contributed by atoms with Crippen LogP contribution in [-0.2, 0) is 4.74 Å². The van der Waals surface area contributed by atoms with Gasteiger partial charge in [0.25, 0.3) is 0 Å². The van der Waals surface area contributed by atoms with Crippen LogP contribution >= 0.6 is 0 Å². The number of aromatic nitrogens is 4. The molecule has 1 saturated carbocycles. The number of fused-ring (bicyclic) bond motifs is 3. The van der Waals surface area contributed by atoms with Crippen molar-refractivity contribution in [3.05, 3.63) is 36.2 Å². The van der Waals surface area contributed by atoms with Crippen LogP contribution in [0, 0.1) is 6.92 Å². The highest BCUT2D eigenvalue weighted by Crippen LogP contribution is 2.36. The predicted octanol–water partition coefficient (Wildman–Crippen LogP) is 3.63. The first kappa shape index (κ1) is 22.7. The van der Waals surface area contributed by atoms with Gasteiger partial charge in [-0.25, -0.2) is 4.52 Å². The lowest BCUT2D eigenvalue weighted by atomic mass is 9.93. The van der Waals surface area contributed by atoms with Crippen molar-refractivity contribution in [1.29, 1.82) is 0 Å². The fourth-order valence-corrected chi connectivity index (χ4v) is 5.27. The second kappa shape index (κ2) is 9.27. The molecule has 34 heavy (non-hydrogen) atoms. The highest BCUT2D eigenvalue weighted by molar-refractivity contribution is 5.69. The van der Waals surface area contributed by atoms with Gasteiger partial charge in [-0.15, -0.1) is 10.2 Å². The van der Waals surface area contributed by atoms with Crippen molar-refractivity contribution in [3.8, 4) is 11.6 Å². The Morgan fingerprint density at radius 1 is 1.12 bits per heavy atom. The quantitative estimate of drug-likeness (QED) is 0.557. The largest absolute Gasteiger partial charge is 0.488 e. The summed E-state index contributed by atoms with van der Waals surface area (Å²) < 4.78 is 19.5. The number of nitrogens with zero attached hydrogens (tertiary/aromatic N) is 5. The Morgan fingerprint density at radius 3 is 2.56 bits per heavy atom. The summed E-state index contributed by atoms with van der Waals surface area (Å²) in [5, 5.41) is 16.3. The summed E-state index contributed by atoms with van der Waals surface area (Å²) in [4.78, 5) is 2.41. The minimum Gasteiger partial charge on any atom is -0.488 e. The lowest BCUT2D eigenvalue weighted by molar-refractivity contribution is -0.133. The number of morpholine rings is 1. The van der Waals surface area contributed by atoms with E-state index in [0.717, 1.165) is 67.1 Å². The van der Waals surface area contributed by atoms with E-state index in [1.54, 1.807) is 7.11 Å². The molecule has 3 saturated heterocycles. The number of nitrogens with one attached hydrogen (secondary N) is 1. The molecule has 0 amide bonds. The van der Waals surface area contributed by atoms with E-state index < -0.39 is 0 Å². The van der Waals surface area contributed by atoms with E-state index >= 15 is 0 Å². The lowest BCUT2D eigenvalue weighted by Gasteiger charge is -2.48. The molecular weight excluding hydrogens is 434 g/mol. The second-order valence-electron chi connectivity index (χ2n) is 9.40. The standard InChI is InChI=1S/C24H30N6O3.H3N.H2/c1-15-11-25-30-12-17(29-13-19-10-20(14-29)32-19)9-21(24(15)30)33-18-5-3-16(4-6-18)26-22-7-8-23(31-2)28-27-22;;/h7-9,11-12,16,18-20H,3-6,10,13-14H2,1-2H3,(H,26,27);1H3;1H. The number of hydrogen-bond donors (Lipinski definition) is 2. The highest BCUT2D eigenvalue weighted by atomic mass is 16.5. The number of ether oxygens (including phenoxy) is 3. The number of anilines is 2. The molecule has 0 spiro atoms. The van der Waals surface area contributed by atoms with E-state index in [1.807, 2.05) is 22.8 Å². The lowest BCUT2D eigenvalue weighted by Crippen LogP contribution is -2.57. The smallest absolute Gasteiger partial charge is 0.233 e. The molecule has 0 radical (unpaired) electrons. The molecule has 2 atom stereocenters. The van der Waals surface area contributed by atoms with Crippen molar-refractivity contribution in [2.24, 2.45) is 0 Å². The van der Waals surface area contributed by atoms with Crippen molar-refractivity contribution >= 4 is 17.0 Å². The molecule has 3 aromatic heterocycles. The monoisotopic (exact) mass is 469 g/mol. The first-order valence-corrected chi connectivity index (χ1v) is 11.8. The summed E-state index contributed by atoms with van der Waals surface area (Å²) in [5.41, 5.74) is 3.35. The van der Waals surface area contributed by atoms with E-state index in [-0.39, 0.29) is 13.7 Å². The van der Waals surface area contributed by atoms with Crippen LogP contribution in [0.3, 0.4) is 0 Å². The molecule has 4 N–H and O–H groups in total. The summed E-state index contributed by atoms with van der Waals surface area (Å²) in [6.45, 7) is 3.97. The maximum Gasteiger partial charge on any atom is 0.233 e. The van der Waals surface area contributed by atoms with Crippen molar-refractivity contribution in [3.63, 3.8) is 0 Å². The fraction of sp³-hybridized carbons (Fsp3) is 0.542. The Hall–Kier alpha value is -3.11. The third kappa shape index (κ3) is 4.35. The van der Waals surface area contributed by atoms with Crippen LogP contribution in [0.5, 0.6) is 11.6 Å². The average Bonchev–Trinajstić information content (AvgIpc) is 3.21. The molecule has 4 aliphatic rings. The highest BCUT2D eigenvalue weighted by Gasteiger charge is 2.38. The molecule has 7 rings (SSSR count). The van der Waals surface area contributed by atoms with E-state index in [1.165, 1.54) is 6.42 Å². The molecule has 3 aliphatic heterocycles. The van der Waals surface area contributed by atoms with E-state index in [2.05, 4.69) is 44.7 Å². The summed E-state index contributed by atoms with van der Waals surface area (Å²) in [6.07, 6.45) is 10.2. The zero-order valence-electron chi connectivity index (χ0n) is 19.8. The van der Waals surface area contributed by atoms with Gasteiger partial charge in [-0.05, 0) is 44.2 Å². The molecule has 10 heteroatoms. The predicted molar refractivity (Wildman–Crippen MR) is 131 cm³/mol. The molecule has 2 bridgehead atoms. The van der Waals surface area contributed by atoms with Gasteiger partial charge in [-0.2, -0.15) is 5.10 Å². The van der Waals surface area contributed by atoms with Gasteiger partial charge in [0.15, 0.2) is 0 Å². The van der Waals surface area contributed by atoms with Crippen molar-refractivity contribution in [2.45, 2.75) is 63.4 Å². The van der Waals surface area contributed by atoms with Crippen molar-refractivity contribution < 1.29 is 15.6 Å². The molecule has 6 heterocycles. The minimum absolute atomic E-state index is 0. The van der Waals surface area contributed by atoms with E-state index in [0.29, 0.717) is 24.1 Å². The number of rotatable bonds is 6. The molecule has 184 valence electrons. The Kier molecular flexibility index (Phi) is 6.18. The van der Waals surface area contributed by atoms with Gasteiger partial charge in [0, 0.05) is 39.1 Å². The summed E-state index contributed by atoms with van der Waals surface area (Å²) >= 11 is 0. The number of methoxy groups -OCH3 is 1. The molecule has 10 nitrogen and oxygen atoms in total. The number of hydrogen-bond acceptors (Lipinski definition) is 9. The summed E-state index contributed by atoms with van der Waals surface area (Å²) in [5.74, 6) is 2.24. The van der Waals surface area contributed by atoms with Crippen LogP contribution < -0.4 is 25.8 Å². The maximum absolute atomic E-state index is 6.62. The van der Waals surface area contributed by atoms with Gasteiger partial charge in [-0.1, -0.05) is 0 Å². The molecule has 2 unspecified atom stereocenters. The van der Waals surface area contributed by atoms with Crippen molar-refractivity contribution in [1.82, 2.24) is 26.0 Å². The van der Waals surface area contributed by atoms with Gasteiger partial charge in [-0.3, -0.25) is 0 Å². The van der Waals surface area contributed by atoms with Crippen molar-refractivity contribution in [2.75, 3.05) is 30.4 Å². The van der Waals surface area contributed by atoms with Crippen LogP contribution in [-0.4, -0.2) is 64.4 Å². The second-order valence-corrected chi connectivity index (χ2v) is 9.40. The third-order valence-corrected chi connectivity index (χ3v) is 7.04. The number of pyridine rings is 1. The topological polar surface area (TPSA) is 121 Å². The third-order valence-electron chi connectivity index (χ3n) is 7.04. The molecule has 4 fully saturated rings. The van der Waals surface area contributed by atoms with Gasteiger partial charge >= 0.3 is 0 Å². The molecule has 3 aromatic rings. The van der Waals surface area contributed by atoms with E-state index in [4.69, 9.17) is 14.2 Å². The maximum atomic E-state index is 6.62. The van der Waals surface area contributed by atoms with Crippen LogP contribution in [0.25, 0.3) is 5.52 Å². The first-order valence-electron chi connectivity index (χ1n) is 11.8. The summed E-state index contributed by atoms with van der Waals surface area (Å²) in [6, 6.07) is 6.31. The van der Waals surface area contributed by atoms with Gasteiger partial charge in [0.05, 0.1) is 43.5 Å². The van der Waals surface area contributed by atoms with Gasteiger partial charge in [0.2, 0.25) is 5.88 Å². The Balaban J connectivity index is 0.00000144. The van der Waals surface area contributed by atoms with Gasteiger partial charge in [0.1, 0.15) is 17.1 Å². The fourth-order valence-electron chi connectivity index (χ4n) is 5.27. The summed E-state index contributed by atoms with van der Waals surface area (Å²) in [7, 11) is 1.59. The SMILES string of the molecule is COc1ccc(NC2CCC(Oc3cc(N4CC5CC(C4)O5)cn4ncc(C)c34)CC2)nn1.N.[HH]. The van der Waals surface area contributed by atoms with Crippen LogP contribution in [0.15, 0.2) is 30.6 Å². The molecule has 1 aliphatic carbocycles. The Morgan fingerprint density at radius 2 is 1.88 bits per heavy atom. The zero-order chi connectivity index (χ0) is 22.4. The minimum atomic E-state index is 0. The normalized spacial score (nSPS) is 25.9. The van der Waals surface area contributed by atoms with Crippen LogP contribution in [0.4, 0.5) is 11.5 Å². The van der Waals surface area contributed by atoms with Gasteiger partial charge < -0.3 is 30.6 Å². The number of aryl methyl sites for hydroxylation is 1.